The van der Waals surface area contributed by atoms with E-state index >= 15 is 0 Å². The van der Waals surface area contributed by atoms with Crippen LogP contribution in [0.4, 0.5) is 4.39 Å². The minimum absolute atomic E-state index is 0.0498. The molecule has 0 atom stereocenters. The second-order valence-corrected chi connectivity index (χ2v) is 5.83. The molecule has 1 aromatic heterocycles. The van der Waals surface area contributed by atoms with E-state index in [1.54, 1.807) is 36.4 Å². The number of carbonyl (C=O) groups excluding carboxylic acids is 2. The van der Waals surface area contributed by atoms with Crippen molar-refractivity contribution in [2.45, 2.75) is 12.8 Å². The summed E-state index contributed by atoms with van der Waals surface area (Å²) in [5.74, 6) is -0.105. The van der Waals surface area contributed by atoms with Gasteiger partial charge in [0.1, 0.15) is 17.3 Å². The van der Waals surface area contributed by atoms with Crippen molar-refractivity contribution in [3.05, 3.63) is 82.9 Å². The van der Waals surface area contributed by atoms with Crippen LogP contribution >= 0.6 is 0 Å². The summed E-state index contributed by atoms with van der Waals surface area (Å²) in [6, 6.07) is 12.6. The average molecular weight is 352 g/mol. The summed E-state index contributed by atoms with van der Waals surface area (Å²) >= 11 is 0. The second-order valence-electron chi connectivity index (χ2n) is 5.83. The van der Waals surface area contributed by atoms with Crippen LogP contribution in [0.2, 0.25) is 0 Å². The number of ketones is 2. The summed E-state index contributed by atoms with van der Waals surface area (Å²) in [7, 11) is 1.53. The van der Waals surface area contributed by atoms with E-state index in [1.165, 1.54) is 25.4 Å². The number of H-pyrrole nitrogens is 1. The Morgan fingerprint density at radius 3 is 2.58 bits per heavy atom. The molecule has 1 heterocycles. The molecular formula is C20H17FN2O3. The van der Waals surface area contributed by atoms with E-state index in [-0.39, 0.29) is 30.2 Å². The lowest BCUT2D eigenvalue weighted by atomic mass is 9.99. The van der Waals surface area contributed by atoms with Crippen molar-refractivity contribution >= 4 is 11.6 Å². The van der Waals surface area contributed by atoms with Gasteiger partial charge in [0.15, 0.2) is 11.6 Å². The van der Waals surface area contributed by atoms with E-state index in [0.29, 0.717) is 28.1 Å². The van der Waals surface area contributed by atoms with Gasteiger partial charge in [-0.3, -0.25) is 14.7 Å². The maximum absolute atomic E-state index is 13.0. The Bertz CT molecular complexity index is 932. The maximum Gasteiger partial charge on any atom is 0.185 e. The number of nitrogens with one attached hydrogen (secondary N) is 1. The largest absolute Gasteiger partial charge is 0.497 e. The molecule has 6 heteroatoms. The number of rotatable bonds is 7. The van der Waals surface area contributed by atoms with Crippen molar-refractivity contribution in [2.75, 3.05) is 7.11 Å². The van der Waals surface area contributed by atoms with E-state index in [1.807, 2.05) is 0 Å². The van der Waals surface area contributed by atoms with Crippen molar-refractivity contribution in [2.24, 2.45) is 0 Å². The number of halogens is 1. The molecule has 0 aliphatic carbocycles. The number of carbonyl (C=O) groups is 2. The van der Waals surface area contributed by atoms with Crippen LogP contribution in [0.1, 0.15) is 32.0 Å². The zero-order chi connectivity index (χ0) is 18.5. The zero-order valence-electron chi connectivity index (χ0n) is 14.2. The number of hydrogen-bond acceptors (Lipinski definition) is 4. The minimum Gasteiger partial charge on any atom is -0.497 e. The molecule has 3 rings (SSSR count). The predicted octanol–water partition coefficient (Wildman–Crippen LogP) is 3.41. The van der Waals surface area contributed by atoms with Gasteiger partial charge in [0.05, 0.1) is 13.3 Å². The van der Waals surface area contributed by atoms with Crippen LogP contribution in [-0.2, 0) is 12.8 Å². The fourth-order valence-corrected chi connectivity index (χ4v) is 2.63. The lowest BCUT2D eigenvalue weighted by molar-refractivity contribution is 0.0985. The molecule has 0 saturated carbocycles. The molecule has 0 saturated heterocycles. The van der Waals surface area contributed by atoms with Crippen molar-refractivity contribution in [1.82, 2.24) is 10.2 Å². The first-order valence-electron chi connectivity index (χ1n) is 8.04. The van der Waals surface area contributed by atoms with Crippen LogP contribution in [0.15, 0.2) is 54.7 Å². The molecule has 0 radical (unpaired) electrons. The van der Waals surface area contributed by atoms with E-state index in [0.717, 1.165) is 0 Å². The summed E-state index contributed by atoms with van der Waals surface area (Å²) in [6.07, 6.45) is 1.63. The van der Waals surface area contributed by atoms with Gasteiger partial charge in [-0.15, -0.1) is 0 Å². The second kappa shape index (κ2) is 7.74. The topological polar surface area (TPSA) is 72.0 Å². The third-order valence-electron chi connectivity index (χ3n) is 4.02. The molecule has 5 nitrogen and oxygen atoms in total. The fraction of sp³-hybridized carbons (Fsp3) is 0.150. The standard InChI is InChI=1S/C20H17FN2O3/c1-26-17-4-2-3-14(10-17)18(24)11-15-12-22-23-20(15)19(25)9-13-5-7-16(21)8-6-13/h2-8,10,12H,9,11H2,1H3,(H,22,23). The summed E-state index contributed by atoms with van der Waals surface area (Å²) in [5, 5.41) is 6.56. The van der Waals surface area contributed by atoms with Crippen molar-refractivity contribution < 1.29 is 18.7 Å². The number of nitrogens with zero attached hydrogens (tertiary/aromatic N) is 1. The van der Waals surface area contributed by atoms with E-state index < -0.39 is 0 Å². The monoisotopic (exact) mass is 352 g/mol. The molecule has 132 valence electrons. The van der Waals surface area contributed by atoms with Gasteiger partial charge in [0, 0.05) is 24.0 Å². The third kappa shape index (κ3) is 4.03. The summed E-state index contributed by atoms with van der Waals surface area (Å²) in [6.45, 7) is 0. The van der Waals surface area contributed by atoms with E-state index in [4.69, 9.17) is 4.74 Å². The molecule has 0 fully saturated rings. The van der Waals surface area contributed by atoms with Crippen LogP contribution in [0.3, 0.4) is 0 Å². The van der Waals surface area contributed by atoms with Gasteiger partial charge in [0.2, 0.25) is 0 Å². The van der Waals surface area contributed by atoms with Crippen molar-refractivity contribution in [3.63, 3.8) is 0 Å². The molecule has 1 N–H and O–H groups in total. The Labute approximate surface area is 149 Å². The number of methoxy groups -OCH3 is 1. The lowest BCUT2D eigenvalue weighted by Crippen LogP contribution is -2.10. The van der Waals surface area contributed by atoms with E-state index in [2.05, 4.69) is 10.2 Å². The summed E-state index contributed by atoms with van der Waals surface area (Å²) in [4.78, 5) is 25.0. The molecule has 0 aliphatic heterocycles. The molecule has 0 amide bonds. The quantitative estimate of drug-likeness (QED) is 0.662. The van der Waals surface area contributed by atoms with Crippen LogP contribution < -0.4 is 4.74 Å². The molecule has 26 heavy (non-hydrogen) atoms. The predicted molar refractivity (Wildman–Crippen MR) is 94.1 cm³/mol. The molecular weight excluding hydrogens is 335 g/mol. The normalized spacial score (nSPS) is 10.5. The highest BCUT2D eigenvalue weighted by Crippen LogP contribution is 2.17. The molecule has 0 bridgehead atoms. The highest BCUT2D eigenvalue weighted by molar-refractivity contribution is 6.01. The van der Waals surface area contributed by atoms with Gasteiger partial charge in [0.25, 0.3) is 0 Å². The lowest BCUT2D eigenvalue weighted by Gasteiger charge is -2.05. The molecule has 2 aromatic carbocycles. The van der Waals surface area contributed by atoms with Crippen molar-refractivity contribution in [1.29, 1.82) is 0 Å². The van der Waals surface area contributed by atoms with Gasteiger partial charge in [-0.25, -0.2) is 4.39 Å². The van der Waals surface area contributed by atoms with Gasteiger partial charge in [-0.1, -0.05) is 24.3 Å². The maximum atomic E-state index is 13.0. The number of hydrogen-bond donors (Lipinski definition) is 1. The number of aromatic amines is 1. The van der Waals surface area contributed by atoms with Gasteiger partial charge < -0.3 is 4.74 Å². The Balaban J connectivity index is 1.74. The third-order valence-corrected chi connectivity index (χ3v) is 4.02. The average Bonchev–Trinajstić information content (AvgIpc) is 3.12. The number of benzene rings is 2. The molecule has 3 aromatic rings. The summed E-state index contributed by atoms with van der Waals surface area (Å²) < 4.78 is 18.1. The Hall–Kier alpha value is -3.28. The summed E-state index contributed by atoms with van der Waals surface area (Å²) in [5.41, 5.74) is 2.02. The Morgan fingerprint density at radius 1 is 1.08 bits per heavy atom. The number of aromatic nitrogens is 2. The SMILES string of the molecule is COc1cccc(C(=O)Cc2cn[nH]c2C(=O)Cc2ccc(F)cc2)c1. The van der Waals surface area contributed by atoms with E-state index in [9.17, 15) is 14.0 Å². The highest BCUT2D eigenvalue weighted by atomic mass is 19.1. The fourth-order valence-electron chi connectivity index (χ4n) is 2.63. The van der Waals surface area contributed by atoms with Crippen molar-refractivity contribution in [3.8, 4) is 5.75 Å². The first-order valence-corrected chi connectivity index (χ1v) is 8.04. The van der Waals surface area contributed by atoms with Gasteiger partial charge >= 0.3 is 0 Å². The van der Waals surface area contributed by atoms with Gasteiger partial charge in [-0.05, 0) is 29.8 Å². The minimum atomic E-state index is -0.354. The van der Waals surface area contributed by atoms with Crippen LogP contribution in [-0.4, -0.2) is 28.9 Å². The highest BCUT2D eigenvalue weighted by Gasteiger charge is 2.18. The molecule has 0 unspecified atom stereocenters. The van der Waals surface area contributed by atoms with Crippen LogP contribution in [0.25, 0.3) is 0 Å². The zero-order valence-corrected chi connectivity index (χ0v) is 14.2. The Kier molecular flexibility index (Phi) is 5.22. The molecule has 0 spiro atoms. The first kappa shape index (κ1) is 17.5. The number of ether oxygens (including phenoxy) is 1. The number of Topliss-reactive ketones (excluding diaryl/α,β-unsaturated/α-hetero) is 2. The Morgan fingerprint density at radius 2 is 1.85 bits per heavy atom. The van der Waals surface area contributed by atoms with Crippen LogP contribution in [0, 0.1) is 5.82 Å². The molecule has 0 aliphatic rings. The van der Waals surface area contributed by atoms with Gasteiger partial charge in [-0.2, -0.15) is 5.10 Å². The smallest absolute Gasteiger partial charge is 0.185 e. The van der Waals surface area contributed by atoms with Crippen LogP contribution in [0.5, 0.6) is 5.75 Å². The first-order chi connectivity index (χ1) is 12.6.